The van der Waals surface area contributed by atoms with Crippen LogP contribution in [0.15, 0.2) is 71.3 Å². The summed E-state index contributed by atoms with van der Waals surface area (Å²) in [5, 5.41) is 6.00. The van der Waals surface area contributed by atoms with Gasteiger partial charge in [0.1, 0.15) is 0 Å². The summed E-state index contributed by atoms with van der Waals surface area (Å²) in [6, 6.07) is 22.3. The van der Waals surface area contributed by atoms with Crippen molar-refractivity contribution in [2.75, 3.05) is 18.0 Å². The van der Waals surface area contributed by atoms with E-state index in [1.54, 1.807) is 6.07 Å². The van der Waals surface area contributed by atoms with Crippen LogP contribution >= 0.6 is 0 Å². The highest BCUT2D eigenvalue weighted by Crippen LogP contribution is 2.40. The molecule has 2 heterocycles. The van der Waals surface area contributed by atoms with Crippen molar-refractivity contribution in [3.63, 3.8) is 0 Å². The number of benzene rings is 3. The number of halogens is 1. The van der Waals surface area contributed by atoms with Gasteiger partial charge in [0.05, 0.1) is 29.9 Å². The first-order valence-corrected chi connectivity index (χ1v) is 15.5. The van der Waals surface area contributed by atoms with Crippen molar-refractivity contribution in [1.29, 1.82) is 0 Å². The average molecular weight is 562 g/mol. The Morgan fingerprint density at radius 3 is 2.10 bits per heavy atom. The highest BCUT2D eigenvalue weighted by molar-refractivity contribution is 6.99. The van der Waals surface area contributed by atoms with Gasteiger partial charge in [-0.15, -0.1) is 0 Å². The Kier molecular flexibility index (Phi) is 7.56. The van der Waals surface area contributed by atoms with Crippen LogP contribution in [0.3, 0.4) is 0 Å². The van der Waals surface area contributed by atoms with Crippen LogP contribution < -0.4 is 21.0 Å². The van der Waals surface area contributed by atoms with Crippen molar-refractivity contribution in [3.05, 3.63) is 83.8 Å². The number of anilines is 1. The molecule has 7 nitrogen and oxygen atoms in total. The first-order chi connectivity index (χ1) is 19.0. The minimum Gasteiger partial charge on any atom is -0.403 e. The number of carbonyl (C=O) groups is 1. The summed E-state index contributed by atoms with van der Waals surface area (Å²) < 4.78 is 34.7. The molecule has 1 aliphatic rings. The van der Waals surface area contributed by atoms with Gasteiger partial charge in [0.15, 0.2) is 11.5 Å². The number of amides is 1. The first kappa shape index (κ1) is 28.0. The van der Waals surface area contributed by atoms with Crippen molar-refractivity contribution in [3.8, 4) is 0 Å². The number of carbonyl (C=O) groups excluding carboxylic acids is 1. The van der Waals surface area contributed by atoms with E-state index in [2.05, 4.69) is 50.2 Å². The quantitative estimate of drug-likeness (QED) is 0.328. The second kappa shape index (κ2) is 10.8. The van der Waals surface area contributed by atoms with E-state index < -0.39 is 20.0 Å². The van der Waals surface area contributed by atoms with Crippen molar-refractivity contribution >= 4 is 41.3 Å². The Balaban J connectivity index is 1.69. The maximum Gasteiger partial charge on any atom is 0.271 e. The van der Waals surface area contributed by atoms with Crippen molar-refractivity contribution in [2.45, 2.75) is 58.5 Å². The summed E-state index contributed by atoms with van der Waals surface area (Å²) in [6.45, 7) is 11.6. The molecule has 2 atom stereocenters. The van der Waals surface area contributed by atoms with Crippen LogP contribution in [0, 0.1) is 5.82 Å². The third-order valence-electron chi connectivity index (χ3n) is 7.59. The number of nitrogens with zero attached hydrogens (tertiary/aromatic N) is 2. The van der Waals surface area contributed by atoms with E-state index in [0.717, 1.165) is 10.4 Å². The lowest BCUT2D eigenvalue weighted by atomic mass is 10.1. The highest BCUT2D eigenvalue weighted by Gasteiger charge is 2.50. The number of hydrogen-bond donors (Lipinski definition) is 1. The predicted molar refractivity (Wildman–Crippen MR) is 157 cm³/mol. The van der Waals surface area contributed by atoms with E-state index in [-0.39, 0.29) is 40.5 Å². The molecule has 1 aliphatic heterocycles. The van der Waals surface area contributed by atoms with E-state index in [9.17, 15) is 4.79 Å². The van der Waals surface area contributed by atoms with Gasteiger partial charge in [-0.3, -0.25) is 4.79 Å². The van der Waals surface area contributed by atoms with E-state index in [0.29, 0.717) is 24.3 Å². The van der Waals surface area contributed by atoms with E-state index in [1.165, 1.54) is 0 Å². The van der Waals surface area contributed by atoms with Crippen LogP contribution in [0.25, 0.3) is 11.0 Å². The van der Waals surface area contributed by atoms with Crippen LogP contribution in [0.1, 0.15) is 50.7 Å². The highest BCUT2D eigenvalue weighted by atomic mass is 28.4. The molecule has 2 unspecified atom stereocenters. The topological polar surface area (TPSA) is 90.8 Å². The van der Waals surface area contributed by atoms with Gasteiger partial charge in [0.25, 0.3) is 14.2 Å². The molecule has 0 spiro atoms. The summed E-state index contributed by atoms with van der Waals surface area (Å²) in [5.74, 6) is -1.36. The summed E-state index contributed by atoms with van der Waals surface area (Å²) in [5.41, 5.74) is 6.34. The number of primary amides is 1. The van der Waals surface area contributed by atoms with Crippen molar-refractivity contribution < 1.29 is 22.9 Å². The summed E-state index contributed by atoms with van der Waals surface area (Å²) in [7, 11) is -2.93. The molecule has 1 amide bonds. The third kappa shape index (κ3) is 4.93. The summed E-state index contributed by atoms with van der Waals surface area (Å²) >= 11 is 0. The fourth-order valence-corrected chi connectivity index (χ4v) is 10.5. The Morgan fingerprint density at radius 2 is 1.60 bits per heavy atom. The molecule has 3 aromatic carbocycles. The SMILES string of the molecule is CC1CN(c2c(CO[Si](c3ccccc3)(c3ccccc3)C(C)(C)C)cc3c(C(N)=O)noc3c2F)CC(C)O1. The molecule has 2 N–H and O–H groups in total. The first-order valence-electron chi connectivity index (χ1n) is 13.6. The molecular formula is C31H36FN3O4Si. The van der Waals surface area contributed by atoms with Crippen LogP contribution in [-0.2, 0) is 15.8 Å². The lowest BCUT2D eigenvalue weighted by Crippen LogP contribution is -2.66. The zero-order valence-corrected chi connectivity index (χ0v) is 24.6. The minimum absolute atomic E-state index is 0.0928. The molecule has 0 bridgehead atoms. The molecule has 0 radical (unpaired) electrons. The van der Waals surface area contributed by atoms with Gasteiger partial charge in [-0.2, -0.15) is 0 Å². The normalized spacial score (nSPS) is 18.3. The number of fused-ring (bicyclic) bond motifs is 1. The fourth-order valence-electron chi connectivity index (χ4n) is 6.02. The van der Waals surface area contributed by atoms with Gasteiger partial charge >= 0.3 is 0 Å². The van der Waals surface area contributed by atoms with Crippen molar-refractivity contribution in [2.24, 2.45) is 5.73 Å². The summed E-state index contributed by atoms with van der Waals surface area (Å²) in [6.07, 6.45) is -0.194. The lowest BCUT2D eigenvalue weighted by Gasteiger charge is -2.43. The Hall–Kier alpha value is -3.53. The molecule has 9 heteroatoms. The largest absolute Gasteiger partial charge is 0.403 e. The Morgan fingerprint density at radius 1 is 1.05 bits per heavy atom. The average Bonchev–Trinajstić information content (AvgIpc) is 3.34. The predicted octanol–water partition coefficient (Wildman–Crippen LogP) is 4.76. The van der Waals surface area contributed by atoms with Gasteiger partial charge in [-0.1, -0.05) is 86.6 Å². The number of rotatable bonds is 7. The molecule has 1 aromatic heterocycles. The third-order valence-corrected chi connectivity index (χ3v) is 12.6. The molecule has 5 rings (SSSR count). The van der Waals surface area contributed by atoms with Gasteiger partial charge in [-0.05, 0) is 35.3 Å². The maximum atomic E-state index is 16.3. The zero-order chi connectivity index (χ0) is 28.7. The standard InChI is InChI=1S/C31H36FN3O4Si/c1-20-17-35(18-21(2)38-20)28-22(16-25-27(30(33)36)34-39-29(25)26(28)32)19-37-40(31(3,4)5,23-12-8-6-9-13-23)24-14-10-7-11-15-24/h6-16,20-21H,17-19H2,1-5H3,(H2,33,36). The number of hydrogen-bond acceptors (Lipinski definition) is 6. The van der Waals surface area contributed by atoms with Gasteiger partial charge < -0.3 is 24.3 Å². The van der Waals surface area contributed by atoms with E-state index in [1.807, 2.05) is 55.1 Å². The van der Waals surface area contributed by atoms with Crippen LogP contribution in [0.4, 0.5) is 10.1 Å². The van der Waals surface area contributed by atoms with Crippen LogP contribution in [0.5, 0.6) is 0 Å². The second-order valence-corrected chi connectivity index (χ2v) is 15.9. The van der Waals surface area contributed by atoms with Gasteiger partial charge in [-0.25, -0.2) is 4.39 Å². The van der Waals surface area contributed by atoms with Crippen LogP contribution in [-0.4, -0.2) is 44.7 Å². The van der Waals surface area contributed by atoms with E-state index in [4.69, 9.17) is 19.4 Å². The molecule has 1 saturated heterocycles. The van der Waals surface area contributed by atoms with Gasteiger partial charge in [0.2, 0.25) is 5.58 Å². The number of nitrogens with two attached hydrogens (primary N) is 1. The Bertz CT molecular complexity index is 1450. The Labute approximate surface area is 235 Å². The molecule has 210 valence electrons. The molecule has 1 fully saturated rings. The number of ether oxygens (including phenoxy) is 1. The van der Waals surface area contributed by atoms with Gasteiger partial charge in [0, 0.05) is 18.7 Å². The molecule has 40 heavy (non-hydrogen) atoms. The molecule has 4 aromatic rings. The minimum atomic E-state index is -2.93. The maximum absolute atomic E-state index is 16.3. The number of aromatic nitrogens is 1. The molecular weight excluding hydrogens is 525 g/mol. The smallest absolute Gasteiger partial charge is 0.271 e. The summed E-state index contributed by atoms with van der Waals surface area (Å²) in [4.78, 5) is 14.1. The van der Waals surface area contributed by atoms with Crippen LogP contribution in [0.2, 0.25) is 5.04 Å². The fraction of sp³-hybridized carbons (Fsp3) is 0.355. The lowest BCUT2D eigenvalue weighted by molar-refractivity contribution is -0.00549. The van der Waals surface area contributed by atoms with Crippen molar-refractivity contribution in [1.82, 2.24) is 5.16 Å². The number of morpholine rings is 1. The molecule has 0 aliphatic carbocycles. The molecule has 0 saturated carbocycles. The second-order valence-electron chi connectivity index (χ2n) is 11.6. The monoisotopic (exact) mass is 561 g/mol. The van der Waals surface area contributed by atoms with E-state index >= 15 is 4.39 Å². The zero-order valence-electron chi connectivity index (χ0n) is 23.6.